The number of methoxy groups -OCH3 is 1. The summed E-state index contributed by atoms with van der Waals surface area (Å²) in [4.78, 5) is 14.4. The predicted molar refractivity (Wildman–Crippen MR) is 112 cm³/mol. The Morgan fingerprint density at radius 3 is 2.55 bits per heavy atom. The van der Waals surface area contributed by atoms with E-state index in [4.69, 9.17) is 9.47 Å². The van der Waals surface area contributed by atoms with E-state index in [1.54, 1.807) is 13.2 Å². The highest BCUT2D eigenvalue weighted by molar-refractivity contribution is 6.00. The number of benzene rings is 2. The van der Waals surface area contributed by atoms with Gasteiger partial charge in [-0.3, -0.25) is 9.69 Å². The summed E-state index contributed by atoms with van der Waals surface area (Å²) in [5.74, 6) is 0.564. The minimum absolute atomic E-state index is 0.265. The second kappa shape index (κ2) is 8.78. The Balaban J connectivity index is 1.70. The van der Waals surface area contributed by atoms with Gasteiger partial charge in [0.2, 0.25) is 0 Å². The van der Waals surface area contributed by atoms with E-state index in [0.717, 1.165) is 55.1 Å². The molecule has 1 aliphatic heterocycles. The lowest BCUT2D eigenvalue weighted by molar-refractivity contribution is 0.0343. The van der Waals surface area contributed by atoms with Crippen molar-refractivity contribution in [1.29, 1.82) is 0 Å². The average Bonchev–Trinajstić information content (AvgIpc) is 3.10. The fourth-order valence-corrected chi connectivity index (χ4v) is 3.82. The number of hydrogen-bond donors (Lipinski definition) is 1. The maximum Gasteiger partial charge on any atom is 0.188 e. The normalized spacial score (nSPS) is 15.0. The van der Waals surface area contributed by atoms with Crippen LogP contribution in [0.3, 0.4) is 0 Å². The van der Waals surface area contributed by atoms with E-state index in [-0.39, 0.29) is 5.78 Å². The molecule has 3 aromatic rings. The van der Waals surface area contributed by atoms with E-state index >= 15 is 0 Å². The zero-order valence-electron chi connectivity index (χ0n) is 16.6. The fraction of sp³-hybridized carbons (Fsp3) is 0.348. The summed E-state index contributed by atoms with van der Waals surface area (Å²) in [5.41, 5.74) is 3.92. The number of aromatic nitrogens is 1. The third kappa shape index (κ3) is 4.34. The summed E-state index contributed by atoms with van der Waals surface area (Å²) in [6, 6.07) is 13.7. The van der Waals surface area contributed by atoms with E-state index in [1.165, 1.54) is 5.56 Å². The van der Waals surface area contributed by atoms with Gasteiger partial charge in [-0.05, 0) is 29.3 Å². The zero-order chi connectivity index (χ0) is 20.2. The van der Waals surface area contributed by atoms with Crippen LogP contribution in [-0.4, -0.2) is 60.4 Å². The van der Waals surface area contributed by atoms with Crippen molar-refractivity contribution in [3.8, 4) is 5.75 Å². The van der Waals surface area contributed by atoms with Gasteiger partial charge in [-0.2, -0.15) is 0 Å². The molecular formula is C23H26N2O4. The van der Waals surface area contributed by atoms with Gasteiger partial charge < -0.3 is 19.1 Å². The summed E-state index contributed by atoms with van der Waals surface area (Å²) in [6.45, 7) is 4.44. The summed E-state index contributed by atoms with van der Waals surface area (Å²) in [5, 5.41) is 10.4. The molecular weight excluding hydrogens is 368 g/mol. The van der Waals surface area contributed by atoms with E-state index in [1.807, 2.05) is 24.3 Å². The Hall–Kier alpha value is -2.67. The molecule has 29 heavy (non-hydrogen) atoms. The molecule has 0 amide bonds. The zero-order valence-corrected chi connectivity index (χ0v) is 16.6. The topological polar surface area (TPSA) is 63.9 Å². The second-order valence-corrected chi connectivity index (χ2v) is 7.33. The summed E-state index contributed by atoms with van der Waals surface area (Å²) in [6.07, 6.45) is 2.18. The van der Waals surface area contributed by atoms with Crippen LogP contribution in [-0.2, 0) is 17.8 Å². The van der Waals surface area contributed by atoms with Crippen LogP contribution >= 0.6 is 0 Å². The molecule has 0 bridgehead atoms. The minimum atomic E-state index is -0.481. The molecule has 0 radical (unpaired) electrons. The molecule has 1 aromatic heterocycles. The molecule has 1 N–H and O–H groups in total. The highest BCUT2D eigenvalue weighted by Crippen LogP contribution is 2.26. The smallest absolute Gasteiger partial charge is 0.188 e. The molecule has 0 unspecified atom stereocenters. The maximum absolute atomic E-state index is 12.0. The Kier molecular flexibility index (Phi) is 5.94. The molecule has 2 aromatic carbocycles. The van der Waals surface area contributed by atoms with Crippen LogP contribution in [0.2, 0.25) is 0 Å². The van der Waals surface area contributed by atoms with Gasteiger partial charge in [0, 0.05) is 48.8 Å². The van der Waals surface area contributed by atoms with Gasteiger partial charge in [0.1, 0.15) is 12.4 Å². The maximum atomic E-state index is 12.0. The third-order valence-electron chi connectivity index (χ3n) is 5.44. The number of fused-ring (bicyclic) bond motifs is 1. The van der Waals surface area contributed by atoms with Crippen LogP contribution in [0.25, 0.3) is 10.9 Å². The molecule has 0 atom stereocenters. The molecule has 0 saturated carbocycles. The highest BCUT2D eigenvalue weighted by Gasteiger charge is 2.16. The van der Waals surface area contributed by atoms with E-state index < -0.39 is 6.61 Å². The number of ether oxygens (including phenoxy) is 2. The SMILES string of the molecule is COc1ccc(Cn2cc(CN3CCOCC3)c3ccc(C(=O)CO)cc32)cc1. The van der Waals surface area contributed by atoms with E-state index in [2.05, 4.69) is 27.8 Å². The molecule has 1 saturated heterocycles. The molecule has 4 rings (SSSR count). The van der Waals surface area contributed by atoms with Crippen molar-refractivity contribution in [2.45, 2.75) is 13.1 Å². The number of aliphatic hydroxyl groups is 1. The first-order valence-electron chi connectivity index (χ1n) is 9.87. The number of morpholine rings is 1. The fourth-order valence-electron chi connectivity index (χ4n) is 3.82. The Morgan fingerprint density at radius 2 is 1.86 bits per heavy atom. The van der Waals surface area contributed by atoms with Crippen molar-refractivity contribution in [3.05, 3.63) is 65.4 Å². The number of rotatable bonds is 7. The molecule has 6 heteroatoms. The summed E-state index contributed by atoms with van der Waals surface area (Å²) < 4.78 is 12.9. The van der Waals surface area contributed by atoms with Crippen molar-refractivity contribution < 1.29 is 19.4 Å². The number of aliphatic hydroxyl groups excluding tert-OH is 1. The van der Waals surface area contributed by atoms with Crippen molar-refractivity contribution in [1.82, 2.24) is 9.47 Å². The van der Waals surface area contributed by atoms with Crippen LogP contribution in [0.5, 0.6) is 5.75 Å². The average molecular weight is 394 g/mol. The van der Waals surface area contributed by atoms with Gasteiger partial charge in [-0.15, -0.1) is 0 Å². The number of carbonyl (C=O) groups excluding carboxylic acids is 1. The number of Topliss-reactive ketones (excluding diaryl/α,β-unsaturated/α-hetero) is 1. The third-order valence-corrected chi connectivity index (χ3v) is 5.44. The molecule has 0 spiro atoms. The highest BCUT2D eigenvalue weighted by atomic mass is 16.5. The Bertz CT molecular complexity index is 988. The lowest BCUT2D eigenvalue weighted by atomic mass is 10.1. The molecule has 152 valence electrons. The summed E-state index contributed by atoms with van der Waals surface area (Å²) in [7, 11) is 1.66. The quantitative estimate of drug-likeness (QED) is 0.625. The first-order valence-corrected chi connectivity index (χ1v) is 9.87. The Labute approximate surface area is 170 Å². The minimum Gasteiger partial charge on any atom is -0.497 e. The Morgan fingerprint density at radius 1 is 1.10 bits per heavy atom. The monoisotopic (exact) mass is 394 g/mol. The molecule has 0 aliphatic carbocycles. The molecule has 1 aliphatic rings. The van der Waals surface area contributed by atoms with Crippen LogP contribution in [0.4, 0.5) is 0 Å². The van der Waals surface area contributed by atoms with Gasteiger partial charge >= 0.3 is 0 Å². The second-order valence-electron chi connectivity index (χ2n) is 7.33. The molecule has 1 fully saturated rings. The van der Waals surface area contributed by atoms with Crippen molar-refractivity contribution in [3.63, 3.8) is 0 Å². The van der Waals surface area contributed by atoms with Crippen molar-refractivity contribution in [2.75, 3.05) is 40.0 Å². The number of nitrogens with zero attached hydrogens (tertiary/aromatic N) is 2. The number of hydrogen-bond acceptors (Lipinski definition) is 5. The number of carbonyl (C=O) groups is 1. The van der Waals surface area contributed by atoms with Crippen LogP contribution in [0.1, 0.15) is 21.5 Å². The van der Waals surface area contributed by atoms with Gasteiger partial charge in [0.25, 0.3) is 0 Å². The lowest BCUT2D eigenvalue weighted by Crippen LogP contribution is -2.35. The predicted octanol–water partition coefficient (Wildman–Crippen LogP) is 2.71. The molecule has 2 heterocycles. The van der Waals surface area contributed by atoms with Gasteiger partial charge in [-0.1, -0.05) is 24.3 Å². The largest absolute Gasteiger partial charge is 0.497 e. The molecule has 6 nitrogen and oxygen atoms in total. The standard InChI is InChI=1S/C23H26N2O4/c1-28-20-5-2-17(3-6-20)13-25-15-19(14-24-8-10-29-11-9-24)21-7-4-18(12-22(21)25)23(27)16-26/h2-7,12,15,26H,8-11,13-14,16H2,1H3. The van der Waals surface area contributed by atoms with Crippen molar-refractivity contribution in [2.24, 2.45) is 0 Å². The van der Waals surface area contributed by atoms with Crippen LogP contribution in [0.15, 0.2) is 48.7 Å². The van der Waals surface area contributed by atoms with E-state index in [0.29, 0.717) is 12.1 Å². The van der Waals surface area contributed by atoms with Gasteiger partial charge in [-0.25, -0.2) is 0 Å². The van der Waals surface area contributed by atoms with Gasteiger partial charge in [0.05, 0.1) is 20.3 Å². The first-order chi connectivity index (χ1) is 14.2. The summed E-state index contributed by atoms with van der Waals surface area (Å²) >= 11 is 0. The van der Waals surface area contributed by atoms with Crippen molar-refractivity contribution >= 4 is 16.7 Å². The number of ketones is 1. The lowest BCUT2D eigenvalue weighted by Gasteiger charge is -2.26. The first kappa shape index (κ1) is 19.6. The van der Waals surface area contributed by atoms with E-state index in [9.17, 15) is 9.90 Å². The van der Waals surface area contributed by atoms with Gasteiger partial charge in [0.15, 0.2) is 5.78 Å². The van der Waals surface area contributed by atoms with Crippen LogP contribution < -0.4 is 4.74 Å². The van der Waals surface area contributed by atoms with Crippen LogP contribution in [0, 0.1) is 0 Å².